The van der Waals surface area contributed by atoms with E-state index in [0.29, 0.717) is 17.4 Å². The number of aromatic amines is 1. The lowest BCUT2D eigenvalue weighted by molar-refractivity contribution is 0.421. The van der Waals surface area contributed by atoms with E-state index >= 15 is 0 Å². The van der Waals surface area contributed by atoms with Gasteiger partial charge in [-0.25, -0.2) is 0 Å². The van der Waals surface area contributed by atoms with Crippen molar-refractivity contribution in [1.29, 1.82) is 0 Å². The minimum Gasteiger partial charge on any atom is -0.492 e. The SMILES string of the molecule is COc1c(N)cc(C2CC2)c2cn[nH]c12. The molecule has 4 nitrogen and oxygen atoms in total. The van der Waals surface area contributed by atoms with E-state index in [-0.39, 0.29) is 0 Å². The first kappa shape index (κ1) is 8.59. The number of nitrogens with one attached hydrogen (secondary N) is 1. The molecule has 0 saturated heterocycles. The lowest BCUT2D eigenvalue weighted by Gasteiger charge is -2.08. The highest BCUT2D eigenvalue weighted by molar-refractivity contribution is 5.92. The first-order chi connectivity index (χ1) is 7.31. The van der Waals surface area contributed by atoms with Crippen molar-refractivity contribution in [3.05, 3.63) is 17.8 Å². The number of nitrogens with zero attached hydrogens (tertiary/aromatic N) is 1. The molecule has 0 spiro atoms. The molecule has 78 valence electrons. The maximum absolute atomic E-state index is 5.95. The number of H-pyrrole nitrogens is 1. The van der Waals surface area contributed by atoms with Crippen molar-refractivity contribution in [2.24, 2.45) is 0 Å². The summed E-state index contributed by atoms with van der Waals surface area (Å²) in [6.45, 7) is 0. The van der Waals surface area contributed by atoms with E-state index in [1.165, 1.54) is 18.4 Å². The second-order valence-electron chi connectivity index (χ2n) is 4.02. The minimum atomic E-state index is 0.665. The van der Waals surface area contributed by atoms with Crippen LogP contribution in [0.3, 0.4) is 0 Å². The third-order valence-corrected chi connectivity index (χ3v) is 2.97. The van der Waals surface area contributed by atoms with Crippen LogP contribution in [-0.2, 0) is 0 Å². The van der Waals surface area contributed by atoms with Crippen molar-refractivity contribution in [3.63, 3.8) is 0 Å². The number of fused-ring (bicyclic) bond motifs is 1. The van der Waals surface area contributed by atoms with Crippen molar-refractivity contribution >= 4 is 16.6 Å². The minimum absolute atomic E-state index is 0.665. The van der Waals surface area contributed by atoms with Crippen molar-refractivity contribution < 1.29 is 4.74 Å². The molecule has 3 N–H and O–H groups in total. The Morgan fingerprint density at radius 1 is 1.53 bits per heavy atom. The van der Waals surface area contributed by atoms with Crippen LogP contribution in [0.2, 0.25) is 0 Å². The second kappa shape index (κ2) is 2.89. The van der Waals surface area contributed by atoms with Gasteiger partial charge in [-0.15, -0.1) is 0 Å². The van der Waals surface area contributed by atoms with Gasteiger partial charge in [-0.3, -0.25) is 5.10 Å². The van der Waals surface area contributed by atoms with Crippen LogP contribution in [-0.4, -0.2) is 17.3 Å². The molecule has 1 aliphatic carbocycles. The molecule has 15 heavy (non-hydrogen) atoms. The predicted octanol–water partition coefficient (Wildman–Crippen LogP) is 2.03. The van der Waals surface area contributed by atoms with E-state index in [0.717, 1.165) is 10.9 Å². The summed E-state index contributed by atoms with van der Waals surface area (Å²) >= 11 is 0. The number of anilines is 1. The van der Waals surface area contributed by atoms with Gasteiger partial charge in [0.1, 0.15) is 5.52 Å². The molecule has 0 radical (unpaired) electrons. The third-order valence-electron chi connectivity index (χ3n) is 2.97. The second-order valence-corrected chi connectivity index (χ2v) is 4.02. The van der Waals surface area contributed by atoms with Gasteiger partial charge in [0.05, 0.1) is 19.0 Å². The number of nitrogen functional groups attached to an aromatic ring is 1. The summed E-state index contributed by atoms with van der Waals surface area (Å²) < 4.78 is 5.28. The molecule has 3 rings (SSSR count). The van der Waals surface area contributed by atoms with Crippen LogP contribution in [0.1, 0.15) is 24.3 Å². The molecule has 0 bridgehead atoms. The Kier molecular flexibility index (Phi) is 1.65. The van der Waals surface area contributed by atoms with E-state index in [1.807, 2.05) is 12.3 Å². The lowest BCUT2D eigenvalue weighted by atomic mass is 10.0. The number of nitrogens with two attached hydrogens (primary N) is 1. The first-order valence-electron chi connectivity index (χ1n) is 5.10. The van der Waals surface area contributed by atoms with Crippen molar-refractivity contribution in [1.82, 2.24) is 10.2 Å². The van der Waals surface area contributed by atoms with Crippen LogP contribution < -0.4 is 10.5 Å². The van der Waals surface area contributed by atoms with Gasteiger partial charge in [-0.2, -0.15) is 5.10 Å². The molecule has 2 aromatic rings. The zero-order valence-corrected chi connectivity index (χ0v) is 8.58. The Morgan fingerprint density at radius 3 is 3.00 bits per heavy atom. The quantitative estimate of drug-likeness (QED) is 0.734. The van der Waals surface area contributed by atoms with Crippen LogP contribution in [0, 0.1) is 0 Å². The number of hydrogen-bond donors (Lipinski definition) is 2. The monoisotopic (exact) mass is 203 g/mol. The van der Waals surface area contributed by atoms with Gasteiger partial charge in [0.25, 0.3) is 0 Å². The molecular weight excluding hydrogens is 190 g/mol. The van der Waals surface area contributed by atoms with E-state index in [1.54, 1.807) is 7.11 Å². The average molecular weight is 203 g/mol. The van der Waals surface area contributed by atoms with Gasteiger partial charge >= 0.3 is 0 Å². The third kappa shape index (κ3) is 1.17. The molecule has 1 saturated carbocycles. The van der Waals surface area contributed by atoms with Crippen LogP contribution in [0.15, 0.2) is 12.3 Å². The van der Waals surface area contributed by atoms with Gasteiger partial charge in [0.15, 0.2) is 5.75 Å². The Balaban J connectivity index is 2.33. The maximum atomic E-state index is 5.95. The van der Waals surface area contributed by atoms with Gasteiger partial charge in [-0.1, -0.05) is 0 Å². The average Bonchev–Trinajstić information content (AvgIpc) is 2.96. The molecule has 1 aromatic heterocycles. The Morgan fingerprint density at radius 2 is 2.33 bits per heavy atom. The van der Waals surface area contributed by atoms with E-state index in [9.17, 15) is 0 Å². The van der Waals surface area contributed by atoms with Gasteiger partial charge in [-0.05, 0) is 30.4 Å². The number of ether oxygens (including phenoxy) is 1. The van der Waals surface area contributed by atoms with Crippen molar-refractivity contribution in [3.8, 4) is 5.75 Å². The summed E-state index contributed by atoms with van der Waals surface area (Å²) in [7, 11) is 1.63. The summed E-state index contributed by atoms with van der Waals surface area (Å²) in [5.74, 6) is 1.37. The molecule has 1 fully saturated rings. The molecule has 0 atom stereocenters. The zero-order valence-electron chi connectivity index (χ0n) is 8.58. The first-order valence-corrected chi connectivity index (χ1v) is 5.10. The van der Waals surface area contributed by atoms with Crippen LogP contribution >= 0.6 is 0 Å². The highest BCUT2D eigenvalue weighted by Crippen LogP contribution is 2.46. The highest BCUT2D eigenvalue weighted by atomic mass is 16.5. The zero-order chi connectivity index (χ0) is 10.4. The number of rotatable bonds is 2. The normalized spacial score (nSPS) is 15.8. The molecule has 0 aliphatic heterocycles. The number of methoxy groups -OCH3 is 1. The van der Waals surface area contributed by atoms with Gasteiger partial charge in [0, 0.05) is 5.39 Å². The van der Waals surface area contributed by atoms with E-state index in [2.05, 4.69) is 10.2 Å². The molecule has 1 aromatic carbocycles. The van der Waals surface area contributed by atoms with Crippen LogP contribution in [0.25, 0.3) is 10.9 Å². The Labute approximate surface area is 87.4 Å². The molecule has 1 heterocycles. The molecular formula is C11H13N3O. The summed E-state index contributed by atoms with van der Waals surface area (Å²) in [4.78, 5) is 0. The lowest BCUT2D eigenvalue weighted by Crippen LogP contribution is -1.95. The fourth-order valence-corrected chi connectivity index (χ4v) is 2.09. The number of hydrogen-bond acceptors (Lipinski definition) is 3. The molecule has 0 amide bonds. The summed E-state index contributed by atoms with van der Waals surface area (Å²) in [6.07, 6.45) is 4.36. The van der Waals surface area contributed by atoms with E-state index < -0.39 is 0 Å². The highest BCUT2D eigenvalue weighted by Gasteiger charge is 2.27. The van der Waals surface area contributed by atoms with Gasteiger partial charge < -0.3 is 10.5 Å². The molecule has 4 heteroatoms. The van der Waals surface area contributed by atoms with E-state index in [4.69, 9.17) is 10.5 Å². The van der Waals surface area contributed by atoms with Crippen molar-refractivity contribution in [2.75, 3.05) is 12.8 Å². The fourth-order valence-electron chi connectivity index (χ4n) is 2.09. The number of benzene rings is 1. The summed E-state index contributed by atoms with van der Waals surface area (Å²) in [5, 5.41) is 8.15. The van der Waals surface area contributed by atoms with Crippen molar-refractivity contribution in [2.45, 2.75) is 18.8 Å². The molecule has 1 aliphatic rings. The smallest absolute Gasteiger partial charge is 0.167 e. The largest absolute Gasteiger partial charge is 0.492 e. The van der Waals surface area contributed by atoms with Gasteiger partial charge in [0.2, 0.25) is 0 Å². The Hall–Kier alpha value is -1.71. The van der Waals surface area contributed by atoms with Crippen LogP contribution in [0.4, 0.5) is 5.69 Å². The summed E-state index contributed by atoms with van der Waals surface area (Å²) in [6, 6.07) is 2.02. The van der Waals surface area contributed by atoms with Crippen LogP contribution in [0.5, 0.6) is 5.75 Å². The Bertz CT molecular complexity index is 514. The fraction of sp³-hybridized carbons (Fsp3) is 0.364. The standard InChI is InChI=1S/C11H13N3O/c1-15-11-9(12)4-7(6-2-3-6)8-5-13-14-10(8)11/h4-6H,2-3,12H2,1H3,(H,13,14). The number of aromatic nitrogens is 2. The maximum Gasteiger partial charge on any atom is 0.167 e. The summed E-state index contributed by atoms with van der Waals surface area (Å²) in [5.41, 5.74) is 8.86. The topological polar surface area (TPSA) is 63.9 Å². The predicted molar refractivity (Wildman–Crippen MR) is 59.0 cm³/mol. The molecule has 0 unspecified atom stereocenters.